The van der Waals surface area contributed by atoms with Crippen molar-refractivity contribution >= 4 is 34.0 Å². The lowest BCUT2D eigenvalue weighted by molar-refractivity contribution is 0.0481. The Hall–Kier alpha value is -1.58. The summed E-state index contributed by atoms with van der Waals surface area (Å²) in [4.78, 5) is 6.26. The Morgan fingerprint density at radius 2 is 1.97 bits per heavy atom. The van der Waals surface area contributed by atoms with Gasteiger partial charge in [-0.05, 0) is 56.1 Å². The number of pyridine rings is 1. The number of fused-ring (bicyclic) bond motifs is 1. The van der Waals surface area contributed by atoms with E-state index in [9.17, 15) is 8.42 Å². The maximum absolute atomic E-state index is 12.3. The Balaban J connectivity index is 0.00000256. The number of nitrogens with one attached hydrogen (secondary N) is 1. The third-order valence-electron chi connectivity index (χ3n) is 5.27. The van der Waals surface area contributed by atoms with Crippen molar-refractivity contribution in [2.24, 2.45) is 5.92 Å². The van der Waals surface area contributed by atoms with Crippen LogP contribution in [0.5, 0.6) is 11.5 Å². The molecule has 1 unspecified atom stereocenters. The molecule has 3 heterocycles. The summed E-state index contributed by atoms with van der Waals surface area (Å²) in [5.74, 6) is 1.73. The lowest BCUT2D eigenvalue weighted by Gasteiger charge is -2.35. The fraction of sp³-hybridized carbons (Fsp3) is 0.450. The van der Waals surface area contributed by atoms with E-state index in [2.05, 4.69) is 14.6 Å². The van der Waals surface area contributed by atoms with E-state index >= 15 is 0 Å². The molecule has 2 aliphatic heterocycles. The standard InChI is InChI=1S/C20H24ClN3O4S.ClH/c21-16-4-5-18-19(11-16)28-17(14-27-18)13-24-9-6-15(7-10-24)12-23-29(25,26)20-3-1-2-8-22-20;/h1-5,8,11,15,17,23H,6-7,9-10,12-14H2;1H. The first kappa shape index (κ1) is 23.1. The van der Waals surface area contributed by atoms with Crippen LogP contribution in [0.4, 0.5) is 0 Å². The van der Waals surface area contributed by atoms with Gasteiger partial charge in [-0.25, -0.2) is 18.1 Å². The first-order valence-corrected chi connectivity index (χ1v) is 11.6. The van der Waals surface area contributed by atoms with Crippen LogP contribution in [0.3, 0.4) is 0 Å². The average Bonchev–Trinajstić information content (AvgIpc) is 2.74. The highest BCUT2D eigenvalue weighted by atomic mass is 35.5. The van der Waals surface area contributed by atoms with Gasteiger partial charge < -0.3 is 9.47 Å². The number of ether oxygens (including phenoxy) is 2. The van der Waals surface area contributed by atoms with Crippen molar-refractivity contribution in [3.63, 3.8) is 0 Å². The molecule has 4 rings (SSSR count). The van der Waals surface area contributed by atoms with Crippen LogP contribution in [0.1, 0.15) is 12.8 Å². The minimum atomic E-state index is -3.55. The van der Waals surface area contributed by atoms with E-state index < -0.39 is 10.0 Å². The van der Waals surface area contributed by atoms with Gasteiger partial charge in [0.15, 0.2) is 16.5 Å². The van der Waals surface area contributed by atoms with Crippen molar-refractivity contribution in [1.29, 1.82) is 0 Å². The van der Waals surface area contributed by atoms with Crippen LogP contribution >= 0.6 is 24.0 Å². The van der Waals surface area contributed by atoms with E-state index in [4.69, 9.17) is 21.1 Å². The summed E-state index contributed by atoms with van der Waals surface area (Å²) in [5.41, 5.74) is 0. The number of halogens is 2. The Labute approximate surface area is 188 Å². The highest BCUT2D eigenvalue weighted by Crippen LogP contribution is 2.34. The summed E-state index contributed by atoms with van der Waals surface area (Å²) in [5, 5.41) is 0.689. The molecule has 1 atom stereocenters. The van der Waals surface area contributed by atoms with Crippen molar-refractivity contribution in [1.82, 2.24) is 14.6 Å². The van der Waals surface area contributed by atoms with Gasteiger partial charge in [0.2, 0.25) is 0 Å². The number of nitrogens with zero attached hydrogens (tertiary/aromatic N) is 2. The predicted octanol–water partition coefficient (Wildman–Crippen LogP) is 2.99. The van der Waals surface area contributed by atoms with Crippen molar-refractivity contribution in [2.75, 3.05) is 32.8 Å². The summed E-state index contributed by atoms with van der Waals surface area (Å²) in [7, 11) is -3.55. The van der Waals surface area contributed by atoms with Crippen LogP contribution < -0.4 is 14.2 Å². The van der Waals surface area contributed by atoms with Gasteiger partial charge in [-0.3, -0.25) is 4.90 Å². The molecule has 10 heteroatoms. The molecule has 0 radical (unpaired) electrons. The molecule has 7 nitrogen and oxygen atoms in total. The first-order valence-electron chi connectivity index (χ1n) is 9.72. The molecule has 2 aliphatic rings. The van der Waals surface area contributed by atoms with Gasteiger partial charge in [0, 0.05) is 30.4 Å². The molecular weight excluding hydrogens is 449 g/mol. The number of hydrogen-bond acceptors (Lipinski definition) is 6. The van der Waals surface area contributed by atoms with E-state index in [0.29, 0.717) is 29.8 Å². The molecule has 0 amide bonds. The Bertz CT molecular complexity index is 938. The molecule has 30 heavy (non-hydrogen) atoms. The van der Waals surface area contributed by atoms with Crippen molar-refractivity contribution in [3.05, 3.63) is 47.6 Å². The minimum Gasteiger partial charge on any atom is -0.486 e. The van der Waals surface area contributed by atoms with Gasteiger partial charge in [-0.1, -0.05) is 17.7 Å². The largest absolute Gasteiger partial charge is 0.486 e. The fourth-order valence-electron chi connectivity index (χ4n) is 3.65. The third kappa shape index (κ3) is 5.76. The molecule has 0 aliphatic carbocycles. The molecular formula is C20H25Cl2N3O4S. The van der Waals surface area contributed by atoms with Crippen LogP contribution in [-0.4, -0.2) is 57.2 Å². The van der Waals surface area contributed by atoms with Gasteiger partial charge in [-0.2, -0.15) is 0 Å². The molecule has 0 saturated carbocycles. The second-order valence-electron chi connectivity index (χ2n) is 7.41. The SMILES string of the molecule is Cl.O=S(=O)(NCC1CCN(CC2COc3ccc(Cl)cc3O2)CC1)c1ccccn1. The number of aromatic nitrogens is 1. The van der Waals surface area contributed by atoms with Gasteiger partial charge in [0.1, 0.15) is 12.7 Å². The molecule has 1 fully saturated rings. The maximum Gasteiger partial charge on any atom is 0.258 e. The van der Waals surface area contributed by atoms with E-state index in [1.54, 1.807) is 24.3 Å². The maximum atomic E-state index is 12.3. The fourth-order valence-corrected chi connectivity index (χ4v) is 4.87. The van der Waals surface area contributed by atoms with Crippen LogP contribution in [-0.2, 0) is 10.0 Å². The summed E-state index contributed by atoms with van der Waals surface area (Å²) >= 11 is 6.03. The topological polar surface area (TPSA) is 80.8 Å². The van der Waals surface area contributed by atoms with Crippen LogP contribution in [0.2, 0.25) is 5.02 Å². The highest BCUT2D eigenvalue weighted by molar-refractivity contribution is 7.89. The van der Waals surface area contributed by atoms with Gasteiger partial charge in [0.25, 0.3) is 10.0 Å². The second-order valence-corrected chi connectivity index (χ2v) is 9.56. The molecule has 1 N–H and O–H groups in total. The van der Waals surface area contributed by atoms with E-state index in [1.165, 1.54) is 12.3 Å². The zero-order chi connectivity index (χ0) is 20.3. The van der Waals surface area contributed by atoms with Crippen LogP contribution in [0.25, 0.3) is 0 Å². The Morgan fingerprint density at radius 1 is 1.17 bits per heavy atom. The van der Waals surface area contributed by atoms with Gasteiger partial charge in [-0.15, -0.1) is 12.4 Å². The second kappa shape index (κ2) is 10.2. The number of rotatable bonds is 6. The number of likely N-dealkylation sites (tertiary alicyclic amines) is 1. The third-order valence-corrected chi connectivity index (χ3v) is 6.84. The minimum absolute atomic E-state index is 0. The zero-order valence-corrected chi connectivity index (χ0v) is 18.8. The quantitative estimate of drug-likeness (QED) is 0.694. The highest BCUT2D eigenvalue weighted by Gasteiger charge is 2.27. The van der Waals surface area contributed by atoms with E-state index in [-0.39, 0.29) is 23.5 Å². The summed E-state index contributed by atoms with van der Waals surface area (Å²) in [6.07, 6.45) is 3.30. The van der Waals surface area contributed by atoms with Gasteiger partial charge in [0.05, 0.1) is 0 Å². The summed E-state index contributed by atoms with van der Waals surface area (Å²) in [6.45, 7) is 3.52. The lowest BCUT2D eigenvalue weighted by Crippen LogP contribution is -2.45. The Morgan fingerprint density at radius 3 is 2.70 bits per heavy atom. The van der Waals surface area contributed by atoms with E-state index in [1.807, 2.05) is 6.07 Å². The molecule has 1 saturated heterocycles. The molecule has 0 bridgehead atoms. The number of piperidine rings is 1. The number of sulfonamides is 1. The van der Waals surface area contributed by atoms with Gasteiger partial charge >= 0.3 is 0 Å². The predicted molar refractivity (Wildman–Crippen MR) is 117 cm³/mol. The zero-order valence-electron chi connectivity index (χ0n) is 16.4. The smallest absolute Gasteiger partial charge is 0.258 e. The monoisotopic (exact) mass is 473 g/mol. The molecule has 1 aromatic heterocycles. The summed E-state index contributed by atoms with van der Waals surface area (Å²) in [6, 6.07) is 10.3. The molecule has 1 aromatic carbocycles. The van der Waals surface area contributed by atoms with Crippen LogP contribution in [0.15, 0.2) is 47.6 Å². The van der Waals surface area contributed by atoms with Crippen LogP contribution in [0, 0.1) is 5.92 Å². The first-order chi connectivity index (χ1) is 14.0. The number of hydrogen-bond donors (Lipinski definition) is 1. The van der Waals surface area contributed by atoms with E-state index in [0.717, 1.165) is 38.2 Å². The number of benzene rings is 1. The van der Waals surface area contributed by atoms with Crippen molar-refractivity contribution in [3.8, 4) is 11.5 Å². The average molecular weight is 474 g/mol. The molecule has 164 valence electrons. The summed E-state index contributed by atoms with van der Waals surface area (Å²) < 4.78 is 39.1. The van der Waals surface area contributed by atoms with Crippen molar-refractivity contribution in [2.45, 2.75) is 24.0 Å². The van der Waals surface area contributed by atoms with Crippen molar-refractivity contribution < 1.29 is 17.9 Å². The lowest BCUT2D eigenvalue weighted by atomic mass is 9.97. The Kier molecular flexibility index (Phi) is 7.81. The molecule has 2 aromatic rings. The molecule has 0 spiro atoms. The normalized spacial score (nSPS) is 19.8.